The van der Waals surface area contributed by atoms with Crippen molar-refractivity contribution < 1.29 is 19.1 Å². The van der Waals surface area contributed by atoms with Crippen molar-refractivity contribution in [3.05, 3.63) is 59.7 Å². The summed E-state index contributed by atoms with van der Waals surface area (Å²) in [6.45, 7) is 2.03. The third-order valence-electron chi connectivity index (χ3n) is 3.42. The molecule has 22 heavy (non-hydrogen) atoms. The van der Waals surface area contributed by atoms with E-state index in [0.717, 1.165) is 0 Å². The molecule has 1 aliphatic heterocycles. The van der Waals surface area contributed by atoms with Gasteiger partial charge in [0.15, 0.2) is 0 Å². The normalized spacial score (nSPS) is 13.2. The van der Waals surface area contributed by atoms with Crippen molar-refractivity contribution in [1.29, 1.82) is 0 Å². The van der Waals surface area contributed by atoms with Crippen molar-refractivity contribution >= 4 is 29.0 Å². The van der Waals surface area contributed by atoms with Crippen molar-refractivity contribution in [1.82, 2.24) is 0 Å². The van der Waals surface area contributed by atoms with Gasteiger partial charge >= 0.3 is 11.9 Å². The number of rotatable bonds is 3. The summed E-state index contributed by atoms with van der Waals surface area (Å²) >= 11 is 0. The van der Waals surface area contributed by atoms with Crippen LogP contribution >= 0.6 is 0 Å². The van der Waals surface area contributed by atoms with Gasteiger partial charge in [-0.05, 0) is 43.3 Å². The molecular formula is C17H13NO4. The molecule has 110 valence electrons. The third kappa shape index (κ3) is 2.16. The molecule has 0 fully saturated rings. The van der Waals surface area contributed by atoms with Crippen LogP contribution in [0.15, 0.2) is 48.5 Å². The zero-order valence-electron chi connectivity index (χ0n) is 11.9. The molecule has 0 saturated heterocycles. The lowest BCUT2D eigenvalue weighted by atomic mass is 10.1. The lowest BCUT2D eigenvalue weighted by Crippen LogP contribution is -2.24. The Morgan fingerprint density at radius 3 is 2.41 bits per heavy atom. The van der Waals surface area contributed by atoms with Gasteiger partial charge in [-0.1, -0.05) is 12.1 Å². The Kier molecular flexibility index (Phi) is 3.47. The monoisotopic (exact) mass is 295 g/mol. The van der Waals surface area contributed by atoms with E-state index < -0.39 is 17.7 Å². The Bertz CT molecular complexity index is 764. The number of para-hydroxylation sites is 1. The van der Waals surface area contributed by atoms with Gasteiger partial charge in [-0.25, -0.2) is 4.79 Å². The van der Waals surface area contributed by atoms with Crippen LogP contribution in [0.25, 0.3) is 0 Å². The van der Waals surface area contributed by atoms with Crippen LogP contribution in [-0.4, -0.2) is 24.3 Å². The summed E-state index contributed by atoms with van der Waals surface area (Å²) in [6.07, 6.45) is 0. The van der Waals surface area contributed by atoms with Gasteiger partial charge in [-0.15, -0.1) is 0 Å². The predicted molar refractivity (Wildman–Crippen MR) is 80.3 cm³/mol. The quantitative estimate of drug-likeness (QED) is 0.645. The first-order chi connectivity index (χ1) is 10.6. The van der Waals surface area contributed by atoms with E-state index in [9.17, 15) is 14.4 Å². The number of carbonyl (C=O) groups excluding carboxylic acids is 3. The van der Waals surface area contributed by atoms with Crippen molar-refractivity contribution in [3.63, 3.8) is 0 Å². The van der Waals surface area contributed by atoms with E-state index in [0.29, 0.717) is 29.1 Å². The molecule has 1 amide bonds. The van der Waals surface area contributed by atoms with Crippen LogP contribution in [0.1, 0.15) is 27.6 Å². The zero-order valence-corrected chi connectivity index (χ0v) is 11.9. The molecule has 5 nitrogen and oxygen atoms in total. The first-order valence-electron chi connectivity index (χ1n) is 6.88. The van der Waals surface area contributed by atoms with E-state index in [1.54, 1.807) is 55.5 Å². The number of hydrogen-bond acceptors (Lipinski definition) is 4. The van der Waals surface area contributed by atoms with E-state index in [-0.39, 0.29) is 0 Å². The van der Waals surface area contributed by atoms with E-state index in [2.05, 4.69) is 0 Å². The van der Waals surface area contributed by atoms with Gasteiger partial charge in [0, 0.05) is 5.69 Å². The van der Waals surface area contributed by atoms with Crippen molar-refractivity contribution in [2.45, 2.75) is 6.92 Å². The molecule has 0 saturated carbocycles. The Hall–Kier alpha value is -2.95. The van der Waals surface area contributed by atoms with Crippen LogP contribution < -0.4 is 4.90 Å². The van der Waals surface area contributed by atoms with E-state index in [4.69, 9.17) is 4.74 Å². The SMILES string of the molecule is CCOC(=O)c1ccc(N2C(=O)C(=O)c3ccccc32)cc1. The largest absolute Gasteiger partial charge is 0.462 e. The summed E-state index contributed by atoms with van der Waals surface area (Å²) in [5.74, 6) is -1.53. The first kappa shape index (κ1) is 14.0. The smallest absolute Gasteiger partial charge is 0.338 e. The lowest BCUT2D eigenvalue weighted by Gasteiger charge is -2.16. The molecule has 1 heterocycles. The van der Waals surface area contributed by atoms with Crippen LogP contribution in [0, 0.1) is 0 Å². The summed E-state index contributed by atoms with van der Waals surface area (Å²) in [7, 11) is 0. The molecule has 3 rings (SSSR count). The number of esters is 1. The minimum absolute atomic E-state index is 0.299. The summed E-state index contributed by atoms with van der Waals surface area (Å²) in [5, 5.41) is 0. The standard InChI is InChI=1S/C17H13NO4/c1-2-22-17(21)11-7-9-12(10-8-11)18-14-6-4-3-5-13(14)15(19)16(18)20/h3-10H,2H2,1H3. The Balaban J connectivity index is 1.97. The van der Waals surface area contributed by atoms with Gasteiger partial charge in [0.05, 0.1) is 23.4 Å². The molecule has 0 bridgehead atoms. The number of fused-ring (bicyclic) bond motifs is 1. The molecule has 0 radical (unpaired) electrons. The fraction of sp³-hybridized carbons (Fsp3) is 0.118. The average Bonchev–Trinajstić information content (AvgIpc) is 2.80. The lowest BCUT2D eigenvalue weighted by molar-refractivity contribution is -0.113. The van der Waals surface area contributed by atoms with Gasteiger partial charge < -0.3 is 4.74 Å². The number of Topliss-reactive ketones (excluding diaryl/α,β-unsaturated/α-hetero) is 1. The molecule has 0 aromatic heterocycles. The number of hydrogen-bond donors (Lipinski definition) is 0. The Morgan fingerprint density at radius 1 is 1.05 bits per heavy atom. The highest BCUT2D eigenvalue weighted by molar-refractivity contribution is 6.53. The van der Waals surface area contributed by atoms with Gasteiger partial charge in [0.25, 0.3) is 5.78 Å². The molecule has 0 spiro atoms. The van der Waals surface area contributed by atoms with Crippen molar-refractivity contribution in [2.75, 3.05) is 11.5 Å². The van der Waals surface area contributed by atoms with Gasteiger partial charge in [0.1, 0.15) is 0 Å². The number of carbonyl (C=O) groups is 3. The summed E-state index contributed by atoms with van der Waals surface area (Å²) in [4.78, 5) is 37.1. The maximum atomic E-state index is 12.2. The number of ether oxygens (including phenoxy) is 1. The Labute approximate surface area is 127 Å². The predicted octanol–water partition coefficient (Wildman–Crippen LogP) is 2.72. The topological polar surface area (TPSA) is 63.7 Å². The first-order valence-corrected chi connectivity index (χ1v) is 6.88. The molecule has 1 aliphatic rings. The van der Waals surface area contributed by atoms with Crippen LogP contribution in [0.4, 0.5) is 11.4 Å². The van der Waals surface area contributed by atoms with E-state index in [1.807, 2.05) is 0 Å². The maximum Gasteiger partial charge on any atom is 0.338 e. The third-order valence-corrected chi connectivity index (χ3v) is 3.42. The summed E-state index contributed by atoms with van der Waals surface area (Å²) in [5.41, 5.74) is 1.89. The summed E-state index contributed by atoms with van der Waals surface area (Å²) < 4.78 is 4.91. The number of anilines is 2. The van der Waals surface area contributed by atoms with E-state index in [1.165, 1.54) is 4.90 Å². The van der Waals surface area contributed by atoms with Crippen LogP contribution in [-0.2, 0) is 9.53 Å². The molecule has 0 unspecified atom stereocenters. The maximum absolute atomic E-state index is 12.2. The molecule has 0 aliphatic carbocycles. The highest BCUT2D eigenvalue weighted by Crippen LogP contribution is 2.35. The van der Waals surface area contributed by atoms with Crippen molar-refractivity contribution in [3.8, 4) is 0 Å². The molecule has 0 atom stereocenters. The zero-order chi connectivity index (χ0) is 15.7. The average molecular weight is 295 g/mol. The number of nitrogens with zero attached hydrogens (tertiary/aromatic N) is 1. The van der Waals surface area contributed by atoms with E-state index >= 15 is 0 Å². The second kappa shape index (κ2) is 5.44. The van der Waals surface area contributed by atoms with Crippen molar-refractivity contribution in [2.24, 2.45) is 0 Å². The Morgan fingerprint density at radius 2 is 1.73 bits per heavy atom. The molecular weight excluding hydrogens is 282 g/mol. The number of benzene rings is 2. The molecule has 5 heteroatoms. The van der Waals surface area contributed by atoms with Gasteiger partial charge in [0.2, 0.25) is 0 Å². The minimum Gasteiger partial charge on any atom is -0.462 e. The van der Waals surface area contributed by atoms with Gasteiger partial charge in [-0.3, -0.25) is 14.5 Å². The number of amides is 1. The second-order valence-corrected chi connectivity index (χ2v) is 4.75. The fourth-order valence-corrected chi connectivity index (χ4v) is 2.40. The van der Waals surface area contributed by atoms with Crippen LogP contribution in [0.5, 0.6) is 0 Å². The fourth-order valence-electron chi connectivity index (χ4n) is 2.40. The highest BCUT2D eigenvalue weighted by atomic mass is 16.5. The second-order valence-electron chi connectivity index (χ2n) is 4.75. The number of ketones is 1. The van der Waals surface area contributed by atoms with Gasteiger partial charge in [-0.2, -0.15) is 0 Å². The molecule has 0 N–H and O–H groups in total. The van der Waals surface area contributed by atoms with Crippen LogP contribution in [0.3, 0.4) is 0 Å². The highest BCUT2D eigenvalue weighted by Gasteiger charge is 2.36. The molecule has 2 aromatic rings. The van der Waals surface area contributed by atoms with Crippen LogP contribution in [0.2, 0.25) is 0 Å². The summed E-state index contributed by atoms with van der Waals surface area (Å²) in [6, 6.07) is 13.2. The minimum atomic E-state index is -0.593. The molecule has 2 aromatic carbocycles.